The number of H-pyrrole nitrogens is 2. The number of benzene rings is 1. The van der Waals surface area contributed by atoms with Gasteiger partial charge in [0.05, 0.1) is 11.6 Å². The van der Waals surface area contributed by atoms with E-state index in [0.717, 1.165) is 10.9 Å². The molecule has 10 heteroatoms. The number of anilines is 2. The van der Waals surface area contributed by atoms with E-state index >= 15 is 0 Å². The number of fused-ring (bicyclic) bond motifs is 2. The first-order valence-corrected chi connectivity index (χ1v) is 10.4. The number of nitrogens with two attached hydrogens (primary N) is 1. The Morgan fingerprint density at radius 1 is 1.22 bits per heavy atom. The van der Waals surface area contributed by atoms with Crippen molar-refractivity contribution >= 4 is 34.5 Å². The highest BCUT2D eigenvalue weighted by Gasteiger charge is 2.41. The summed E-state index contributed by atoms with van der Waals surface area (Å²) in [6.45, 7) is 1.02. The summed E-state index contributed by atoms with van der Waals surface area (Å²) in [6.07, 6.45) is 2.87. The van der Waals surface area contributed by atoms with Gasteiger partial charge in [-0.05, 0) is 24.5 Å². The van der Waals surface area contributed by atoms with Crippen LogP contribution in [-0.2, 0) is 9.59 Å². The average Bonchev–Trinajstić information content (AvgIpc) is 3.22. The standard InChI is InChI=1S/C22H21N7O3/c23-9-13-16(14-10-25-15-4-2-1-3-12(14)15)17-19(26-20(13)31)27-22(28-21(17)32)29-7-5-11(6-8-29)18(24)30/h1-4,10-11,13,16,25H,5-8H2,(H2,24,30)(H2,26,27,28,31,32). The molecule has 2 aromatic heterocycles. The van der Waals surface area contributed by atoms with Gasteiger partial charge in [-0.1, -0.05) is 18.2 Å². The summed E-state index contributed by atoms with van der Waals surface area (Å²) in [5, 5.41) is 13.2. The number of hydrogen-bond donors (Lipinski definition) is 4. The Hall–Kier alpha value is -4.13. The fraction of sp³-hybridized carbons (Fsp3) is 0.318. The molecule has 1 saturated heterocycles. The maximum Gasteiger partial charge on any atom is 0.258 e. The summed E-state index contributed by atoms with van der Waals surface area (Å²) in [6, 6.07) is 9.59. The van der Waals surface area contributed by atoms with Gasteiger partial charge in [-0.25, -0.2) is 0 Å². The van der Waals surface area contributed by atoms with E-state index in [0.29, 0.717) is 37.4 Å². The number of carbonyl (C=O) groups excluding carboxylic acids is 2. The summed E-state index contributed by atoms with van der Waals surface area (Å²) in [5.74, 6) is -2.36. The third-order valence-electron chi connectivity index (χ3n) is 6.40. The number of nitriles is 1. The fourth-order valence-corrected chi connectivity index (χ4v) is 4.71. The van der Waals surface area contributed by atoms with Crippen LogP contribution in [0.15, 0.2) is 35.3 Å². The molecule has 2 amide bonds. The van der Waals surface area contributed by atoms with Crippen LogP contribution in [0.25, 0.3) is 10.9 Å². The van der Waals surface area contributed by atoms with Crippen LogP contribution < -0.4 is 21.5 Å². The lowest BCUT2D eigenvalue weighted by molar-refractivity contribution is -0.122. The molecule has 5 rings (SSSR count). The normalized spacial score (nSPS) is 21.1. The zero-order chi connectivity index (χ0) is 22.4. The number of nitrogens with one attached hydrogen (secondary N) is 3. The SMILES string of the molecule is N#CC1C(=O)Nc2nc(N3CCC(C(N)=O)CC3)[nH]c(=O)c2C1c1c[nH]c2ccccc12. The molecule has 10 nitrogen and oxygen atoms in total. The van der Waals surface area contributed by atoms with Gasteiger partial charge in [0.25, 0.3) is 5.56 Å². The number of rotatable bonds is 3. The Morgan fingerprint density at radius 3 is 2.69 bits per heavy atom. The number of carbonyl (C=O) groups is 2. The van der Waals surface area contributed by atoms with Crippen LogP contribution in [0.3, 0.4) is 0 Å². The van der Waals surface area contributed by atoms with Gasteiger partial charge < -0.3 is 20.9 Å². The molecule has 5 N–H and O–H groups in total. The molecule has 1 aromatic carbocycles. The lowest BCUT2D eigenvalue weighted by Crippen LogP contribution is -2.42. The van der Waals surface area contributed by atoms with E-state index in [1.165, 1.54) is 0 Å². The number of nitrogens with zero attached hydrogens (tertiary/aromatic N) is 3. The van der Waals surface area contributed by atoms with E-state index in [1.807, 2.05) is 29.2 Å². The molecular formula is C22H21N7O3. The van der Waals surface area contributed by atoms with Crippen molar-refractivity contribution in [2.75, 3.05) is 23.3 Å². The highest BCUT2D eigenvalue weighted by molar-refractivity contribution is 5.99. The summed E-state index contributed by atoms with van der Waals surface area (Å²) < 4.78 is 0. The zero-order valence-corrected chi connectivity index (χ0v) is 17.1. The van der Waals surface area contributed by atoms with Crippen molar-refractivity contribution in [3.63, 3.8) is 0 Å². The largest absolute Gasteiger partial charge is 0.369 e. The molecular weight excluding hydrogens is 410 g/mol. The molecule has 0 saturated carbocycles. The maximum atomic E-state index is 13.2. The zero-order valence-electron chi connectivity index (χ0n) is 17.1. The minimum absolute atomic E-state index is 0.160. The Balaban J connectivity index is 1.58. The first-order valence-electron chi connectivity index (χ1n) is 10.4. The molecule has 162 valence electrons. The van der Waals surface area contributed by atoms with Crippen LogP contribution in [0.2, 0.25) is 0 Å². The molecule has 2 atom stereocenters. The van der Waals surface area contributed by atoms with E-state index in [-0.39, 0.29) is 23.2 Å². The first kappa shape index (κ1) is 19.8. The van der Waals surface area contributed by atoms with Gasteiger partial charge in [0.15, 0.2) is 0 Å². The van der Waals surface area contributed by atoms with Crippen molar-refractivity contribution in [1.82, 2.24) is 15.0 Å². The number of aromatic nitrogens is 3. The van der Waals surface area contributed by atoms with Crippen molar-refractivity contribution in [3.8, 4) is 6.07 Å². The van der Waals surface area contributed by atoms with Gasteiger partial charge in [-0.3, -0.25) is 19.4 Å². The average molecular weight is 431 g/mol. The summed E-state index contributed by atoms with van der Waals surface area (Å²) in [5.41, 5.74) is 6.81. The third-order valence-corrected chi connectivity index (χ3v) is 6.40. The van der Waals surface area contributed by atoms with Gasteiger partial charge in [0, 0.05) is 42.0 Å². The van der Waals surface area contributed by atoms with E-state index in [1.54, 1.807) is 6.20 Å². The minimum atomic E-state index is -1.07. The second-order valence-electron chi connectivity index (χ2n) is 8.18. The number of piperidine rings is 1. The van der Waals surface area contributed by atoms with Crippen molar-refractivity contribution in [2.45, 2.75) is 18.8 Å². The molecule has 0 spiro atoms. The predicted octanol–water partition coefficient (Wildman–Crippen LogP) is 1.18. The quantitative estimate of drug-likeness (QED) is 0.487. The van der Waals surface area contributed by atoms with Crippen LogP contribution in [0, 0.1) is 23.2 Å². The summed E-state index contributed by atoms with van der Waals surface area (Å²) >= 11 is 0. The number of para-hydroxylation sites is 1. The Labute approximate surface area is 182 Å². The Kier molecular flexibility index (Phi) is 4.66. The maximum absolute atomic E-state index is 13.2. The number of primary amides is 1. The molecule has 3 aromatic rings. The predicted molar refractivity (Wildman–Crippen MR) is 117 cm³/mol. The summed E-state index contributed by atoms with van der Waals surface area (Å²) in [4.78, 5) is 49.8. The van der Waals surface area contributed by atoms with Crippen molar-refractivity contribution < 1.29 is 9.59 Å². The lowest BCUT2D eigenvalue weighted by atomic mass is 9.79. The number of amides is 2. The number of hydrogen-bond acceptors (Lipinski definition) is 6. The van der Waals surface area contributed by atoms with Gasteiger partial charge in [-0.2, -0.15) is 10.2 Å². The van der Waals surface area contributed by atoms with Crippen molar-refractivity contribution in [3.05, 3.63) is 51.9 Å². The fourth-order valence-electron chi connectivity index (χ4n) is 4.71. The molecule has 2 aliphatic rings. The van der Waals surface area contributed by atoms with E-state index in [2.05, 4.69) is 26.3 Å². The van der Waals surface area contributed by atoms with E-state index in [4.69, 9.17) is 5.73 Å². The van der Waals surface area contributed by atoms with Crippen LogP contribution in [-0.4, -0.2) is 39.9 Å². The van der Waals surface area contributed by atoms with Gasteiger partial charge >= 0.3 is 0 Å². The van der Waals surface area contributed by atoms with Crippen LogP contribution in [0.4, 0.5) is 11.8 Å². The lowest BCUT2D eigenvalue weighted by Gasteiger charge is -2.33. The molecule has 0 aliphatic carbocycles. The number of aromatic amines is 2. The molecule has 1 fully saturated rings. The highest BCUT2D eigenvalue weighted by atomic mass is 16.2. The molecule has 32 heavy (non-hydrogen) atoms. The smallest absolute Gasteiger partial charge is 0.258 e. The third kappa shape index (κ3) is 3.10. The molecule has 4 heterocycles. The van der Waals surface area contributed by atoms with E-state index in [9.17, 15) is 19.6 Å². The monoisotopic (exact) mass is 431 g/mol. The second-order valence-corrected chi connectivity index (χ2v) is 8.18. The second kappa shape index (κ2) is 7.53. The molecule has 0 bridgehead atoms. The molecule has 0 radical (unpaired) electrons. The van der Waals surface area contributed by atoms with Crippen molar-refractivity contribution in [1.29, 1.82) is 5.26 Å². The molecule has 2 unspecified atom stereocenters. The summed E-state index contributed by atoms with van der Waals surface area (Å²) in [7, 11) is 0. The Morgan fingerprint density at radius 2 is 1.97 bits per heavy atom. The van der Waals surface area contributed by atoms with E-state index < -0.39 is 23.3 Å². The topological polar surface area (TPSA) is 161 Å². The van der Waals surface area contributed by atoms with Crippen molar-refractivity contribution in [2.24, 2.45) is 17.6 Å². The highest BCUT2D eigenvalue weighted by Crippen LogP contribution is 2.41. The minimum Gasteiger partial charge on any atom is -0.369 e. The van der Waals surface area contributed by atoms with Gasteiger partial charge in [-0.15, -0.1) is 0 Å². The Bertz CT molecular complexity index is 1330. The van der Waals surface area contributed by atoms with Crippen LogP contribution >= 0.6 is 0 Å². The van der Waals surface area contributed by atoms with Crippen LogP contribution in [0.1, 0.15) is 29.9 Å². The van der Waals surface area contributed by atoms with Crippen LogP contribution in [0.5, 0.6) is 0 Å². The molecule has 2 aliphatic heterocycles. The van der Waals surface area contributed by atoms with Gasteiger partial charge in [0.1, 0.15) is 11.7 Å². The van der Waals surface area contributed by atoms with Gasteiger partial charge in [0.2, 0.25) is 17.8 Å². The first-order chi connectivity index (χ1) is 15.5.